The van der Waals surface area contributed by atoms with Crippen molar-refractivity contribution in [3.05, 3.63) is 35.4 Å². The van der Waals surface area contributed by atoms with Crippen molar-refractivity contribution in [2.24, 2.45) is 11.7 Å². The SMILES string of the molecule is NCc1ccccc1CCNCC1CC1. The third kappa shape index (κ3) is 3.33. The molecule has 0 aromatic heterocycles. The van der Waals surface area contributed by atoms with Gasteiger partial charge in [0.2, 0.25) is 0 Å². The van der Waals surface area contributed by atoms with Gasteiger partial charge in [-0.3, -0.25) is 0 Å². The van der Waals surface area contributed by atoms with Crippen molar-refractivity contribution in [3.8, 4) is 0 Å². The molecule has 1 fully saturated rings. The third-order valence-corrected chi connectivity index (χ3v) is 3.04. The zero-order valence-corrected chi connectivity index (χ0v) is 9.21. The minimum Gasteiger partial charge on any atom is -0.326 e. The van der Waals surface area contributed by atoms with Gasteiger partial charge in [0, 0.05) is 6.54 Å². The standard InChI is InChI=1S/C13H20N2/c14-9-13-4-2-1-3-12(13)7-8-15-10-11-5-6-11/h1-4,11,15H,5-10,14H2. The van der Waals surface area contributed by atoms with Gasteiger partial charge in [0.25, 0.3) is 0 Å². The Hall–Kier alpha value is -0.860. The summed E-state index contributed by atoms with van der Waals surface area (Å²) in [4.78, 5) is 0. The average Bonchev–Trinajstić information content (AvgIpc) is 3.09. The number of benzene rings is 1. The molecular weight excluding hydrogens is 184 g/mol. The summed E-state index contributed by atoms with van der Waals surface area (Å²) in [6, 6.07) is 8.45. The molecule has 82 valence electrons. The van der Waals surface area contributed by atoms with E-state index < -0.39 is 0 Å². The van der Waals surface area contributed by atoms with Crippen molar-refractivity contribution in [1.82, 2.24) is 5.32 Å². The predicted molar refractivity (Wildman–Crippen MR) is 63.6 cm³/mol. The highest BCUT2D eigenvalue weighted by molar-refractivity contribution is 5.27. The van der Waals surface area contributed by atoms with E-state index in [4.69, 9.17) is 5.73 Å². The summed E-state index contributed by atoms with van der Waals surface area (Å²) in [6.07, 6.45) is 3.94. The number of nitrogens with one attached hydrogen (secondary N) is 1. The fourth-order valence-electron chi connectivity index (χ4n) is 1.85. The van der Waals surface area contributed by atoms with Crippen LogP contribution in [0.4, 0.5) is 0 Å². The summed E-state index contributed by atoms with van der Waals surface area (Å²) < 4.78 is 0. The van der Waals surface area contributed by atoms with Gasteiger partial charge < -0.3 is 11.1 Å². The van der Waals surface area contributed by atoms with Gasteiger partial charge in [0.05, 0.1) is 0 Å². The lowest BCUT2D eigenvalue weighted by Crippen LogP contribution is -2.20. The first-order valence-electron chi connectivity index (χ1n) is 5.87. The van der Waals surface area contributed by atoms with Gasteiger partial charge in [-0.15, -0.1) is 0 Å². The van der Waals surface area contributed by atoms with Crippen molar-refractivity contribution in [1.29, 1.82) is 0 Å². The van der Waals surface area contributed by atoms with Crippen LogP contribution in [0.25, 0.3) is 0 Å². The lowest BCUT2D eigenvalue weighted by atomic mass is 10.0. The maximum atomic E-state index is 5.69. The highest BCUT2D eigenvalue weighted by Gasteiger charge is 2.19. The van der Waals surface area contributed by atoms with E-state index in [1.165, 1.54) is 30.5 Å². The first-order valence-corrected chi connectivity index (χ1v) is 5.87. The summed E-state index contributed by atoms with van der Waals surface area (Å²) in [7, 11) is 0. The minimum absolute atomic E-state index is 0.652. The van der Waals surface area contributed by atoms with Gasteiger partial charge in [0.1, 0.15) is 0 Å². The Bertz CT molecular complexity index is 305. The van der Waals surface area contributed by atoms with Crippen LogP contribution in [-0.2, 0) is 13.0 Å². The van der Waals surface area contributed by atoms with Crippen LogP contribution in [0.1, 0.15) is 24.0 Å². The monoisotopic (exact) mass is 204 g/mol. The second-order valence-electron chi connectivity index (χ2n) is 4.37. The van der Waals surface area contributed by atoms with Crippen LogP contribution in [-0.4, -0.2) is 13.1 Å². The first-order chi connectivity index (χ1) is 7.40. The smallest absolute Gasteiger partial charge is 0.0180 e. The number of hydrogen-bond acceptors (Lipinski definition) is 2. The molecule has 1 aliphatic rings. The van der Waals surface area contributed by atoms with Gasteiger partial charge in [-0.1, -0.05) is 24.3 Å². The average molecular weight is 204 g/mol. The highest BCUT2D eigenvalue weighted by Crippen LogP contribution is 2.27. The Labute approximate surface area is 91.9 Å². The van der Waals surface area contributed by atoms with Crippen molar-refractivity contribution >= 4 is 0 Å². The zero-order valence-electron chi connectivity index (χ0n) is 9.21. The predicted octanol–water partition coefficient (Wildman–Crippen LogP) is 1.69. The maximum absolute atomic E-state index is 5.69. The van der Waals surface area contributed by atoms with Crippen LogP contribution in [0.2, 0.25) is 0 Å². The Balaban J connectivity index is 1.75. The molecule has 0 heterocycles. The molecule has 2 rings (SSSR count). The van der Waals surface area contributed by atoms with Crippen LogP contribution in [0.5, 0.6) is 0 Å². The molecule has 3 N–H and O–H groups in total. The summed E-state index contributed by atoms with van der Waals surface area (Å²) in [5.41, 5.74) is 8.37. The topological polar surface area (TPSA) is 38.0 Å². The van der Waals surface area contributed by atoms with Gasteiger partial charge in [-0.05, 0) is 49.4 Å². The molecule has 0 aliphatic heterocycles. The van der Waals surface area contributed by atoms with Crippen molar-refractivity contribution in [3.63, 3.8) is 0 Å². The lowest BCUT2D eigenvalue weighted by Gasteiger charge is -2.08. The van der Waals surface area contributed by atoms with Crippen LogP contribution in [0.15, 0.2) is 24.3 Å². The Morgan fingerprint density at radius 1 is 1.20 bits per heavy atom. The van der Waals surface area contributed by atoms with E-state index >= 15 is 0 Å². The first kappa shape index (κ1) is 10.7. The maximum Gasteiger partial charge on any atom is 0.0180 e. The van der Waals surface area contributed by atoms with E-state index in [1.54, 1.807) is 0 Å². The van der Waals surface area contributed by atoms with Gasteiger partial charge in [-0.2, -0.15) is 0 Å². The molecule has 1 saturated carbocycles. The number of nitrogens with two attached hydrogens (primary N) is 1. The van der Waals surface area contributed by atoms with Crippen molar-refractivity contribution in [2.45, 2.75) is 25.8 Å². The molecule has 1 aliphatic carbocycles. The lowest BCUT2D eigenvalue weighted by molar-refractivity contribution is 0.636. The summed E-state index contributed by atoms with van der Waals surface area (Å²) >= 11 is 0. The van der Waals surface area contributed by atoms with Crippen LogP contribution < -0.4 is 11.1 Å². The molecule has 2 nitrogen and oxygen atoms in total. The molecule has 0 amide bonds. The second kappa shape index (κ2) is 5.29. The molecule has 15 heavy (non-hydrogen) atoms. The molecule has 0 bridgehead atoms. The second-order valence-corrected chi connectivity index (χ2v) is 4.37. The Morgan fingerprint density at radius 2 is 1.93 bits per heavy atom. The van der Waals surface area contributed by atoms with Crippen molar-refractivity contribution < 1.29 is 0 Å². The van der Waals surface area contributed by atoms with E-state index in [2.05, 4.69) is 29.6 Å². The molecule has 0 radical (unpaired) electrons. The summed E-state index contributed by atoms with van der Waals surface area (Å²) in [5, 5.41) is 3.51. The molecule has 1 aromatic carbocycles. The minimum atomic E-state index is 0.652. The molecule has 1 aromatic rings. The van der Waals surface area contributed by atoms with Gasteiger partial charge in [0.15, 0.2) is 0 Å². The fourth-order valence-corrected chi connectivity index (χ4v) is 1.85. The van der Waals surface area contributed by atoms with Crippen LogP contribution >= 0.6 is 0 Å². The normalized spacial score (nSPS) is 15.5. The Kier molecular flexibility index (Phi) is 3.75. The van der Waals surface area contributed by atoms with E-state index in [0.717, 1.165) is 18.9 Å². The quantitative estimate of drug-likeness (QED) is 0.692. The third-order valence-electron chi connectivity index (χ3n) is 3.04. The molecule has 0 atom stereocenters. The summed E-state index contributed by atoms with van der Waals surface area (Å²) in [6.45, 7) is 2.93. The van der Waals surface area contributed by atoms with E-state index in [1.807, 2.05) is 0 Å². The van der Waals surface area contributed by atoms with E-state index in [9.17, 15) is 0 Å². The number of hydrogen-bond donors (Lipinski definition) is 2. The zero-order chi connectivity index (χ0) is 10.5. The van der Waals surface area contributed by atoms with Gasteiger partial charge >= 0.3 is 0 Å². The molecule has 0 unspecified atom stereocenters. The molecule has 0 spiro atoms. The summed E-state index contributed by atoms with van der Waals surface area (Å²) in [5.74, 6) is 0.967. The van der Waals surface area contributed by atoms with Crippen LogP contribution in [0, 0.1) is 5.92 Å². The van der Waals surface area contributed by atoms with Gasteiger partial charge in [-0.25, -0.2) is 0 Å². The van der Waals surface area contributed by atoms with Crippen molar-refractivity contribution in [2.75, 3.05) is 13.1 Å². The Morgan fingerprint density at radius 3 is 2.60 bits per heavy atom. The van der Waals surface area contributed by atoms with E-state index in [-0.39, 0.29) is 0 Å². The largest absolute Gasteiger partial charge is 0.326 e. The van der Waals surface area contributed by atoms with E-state index in [0.29, 0.717) is 6.54 Å². The number of rotatable bonds is 6. The van der Waals surface area contributed by atoms with Crippen LogP contribution in [0.3, 0.4) is 0 Å². The molecule has 0 saturated heterocycles. The highest BCUT2D eigenvalue weighted by atomic mass is 14.9. The molecular formula is C13H20N2. The molecule has 2 heteroatoms. The fraction of sp³-hybridized carbons (Fsp3) is 0.538.